The van der Waals surface area contributed by atoms with Gasteiger partial charge in [-0.15, -0.1) is 0 Å². The Hall–Kier alpha value is -3.32. The lowest BCUT2D eigenvalue weighted by Gasteiger charge is -2.26. The summed E-state index contributed by atoms with van der Waals surface area (Å²) in [6, 6.07) is -1.36. The molecular weight excluding hydrogens is 514 g/mol. The highest BCUT2D eigenvalue weighted by Gasteiger charge is 2.43. The topological polar surface area (TPSA) is 182 Å². The molecule has 1 atom stereocenters. The first kappa shape index (κ1) is 29.2. The van der Waals surface area contributed by atoms with Crippen LogP contribution in [-0.2, 0) is 23.7 Å². The van der Waals surface area contributed by atoms with Crippen molar-refractivity contribution in [2.45, 2.75) is 63.3 Å². The van der Waals surface area contributed by atoms with Crippen LogP contribution in [0.3, 0.4) is 0 Å². The van der Waals surface area contributed by atoms with E-state index in [1.165, 1.54) is 51.4 Å². The molecule has 2 aromatic rings. The smallest absolute Gasteiger partial charge is 0.336 e. The molecule has 38 heavy (non-hydrogen) atoms. The Kier molecular flexibility index (Phi) is 9.26. The number of hydrogen-bond acceptors (Lipinski definition) is 7. The molecule has 3 heterocycles. The van der Waals surface area contributed by atoms with Crippen molar-refractivity contribution in [1.29, 1.82) is 0 Å². The predicted molar refractivity (Wildman–Crippen MR) is 141 cm³/mol. The number of imide groups is 1. The van der Waals surface area contributed by atoms with Crippen LogP contribution >= 0.6 is 11.6 Å². The molecule has 1 aliphatic heterocycles. The van der Waals surface area contributed by atoms with Gasteiger partial charge in [0.05, 0.1) is 7.05 Å². The van der Waals surface area contributed by atoms with E-state index in [0.717, 1.165) is 45.9 Å². The number of carbonyl (C=O) groups excluding carboxylic acids is 3. The summed E-state index contributed by atoms with van der Waals surface area (Å²) in [5.74, 6) is 1.05. The second-order valence-electron chi connectivity index (χ2n) is 9.93. The summed E-state index contributed by atoms with van der Waals surface area (Å²) in [4.78, 5) is 66.2. The zero-order valence-corrected chi connectivity index (χ0v) is 23.0. The number of likely N-dealkylation sites (N-methyl/N-ethyl adjacent to an activating group) is 2. The van der Waals surface area contributed by atoms with Crippen molar-refractivity contribution in [2.24, 2.45) is 25.7 Å². The average Bonchev–Trinajstić information content (AvgIpc) is 3.69. The van der Waals surface area contributed by atoms with E-state index >= 15 is 0 Å². The molecule has 5 N–H and O–H groups in total. The molecule has 5 rings (SSSR count). The number of nitrogens with zero attached hydrogens (tertiary/aromatic N) is 5. The van der Waals surface area contributed by atoms with Gasteiger partial charge >= 0.3 is 11.7 Å². The minimum absolute atomic E-state index is 0.0862. The highest BCUT2D eigenvalue weighted by atomic mass is 35.5. The van der Waals surface area contributed by atoms with E-state index in [-0.39, 0.29) is 28.2 Å². The van der Waals surface area contributed by atoms with Crippen LogP contribution in [0, 0.1) is 5.92 Å². The van der Waals surface area contributed by atoms with Gasteiger partial charge in [-0.25, -0.2) is 19.5 Å². The molecule has 0 aromatic carbocycles. The molecule has 0 bridgehead atoms. The number of amidine groups is 1. The van der Waals surface area contributed by atoms with Gasteiger partial charge in [-0.3, -0.25) is 28.9 Å². The maximum atomic E-state index is 12.0. The van der Waals surface area contributed by atoms with E-state index in [9.17, 15) is 24.0 Å². The number of halogens is 1. The molecule has 1 unspecified atom stereocenters. The van der Waals surface area contributed by atoms with E-state index in [0.29, 0.717) is 17.1 Å². The first-order valence-corrected chi connectivity index (χ1v) is 13.0. The molecule has 208 valence electrons. The van der Waals surface area contributed by atoms with Crippen LogP contribution < -0.4 is 22.4 Å². The number of H-pyrrole nitrogens is 1. The Morgan fingerprint density at radius 3 is 2.03 bits per heavy atom. The van der Waals surface area contributed by atoms with Crippen molar-refractivity contribution < 1.29 is 19.8 Å². The third-order valence-corrected chi connectivity index (χ3v) is 7.72. The summed E-state index contributed by atoms with van der Waals surface area (Å²) < 4.78 is 2.53. The van der Waals surface area contributed by atoms with E-state index in [1.807, 2.05) is 0 Å². The van der Waals surface area contributed by atoms with E-state index < -0.39 is 18.0 Å². The van der Waals surface area contributed by atoms with Crippen molar-refractivity contribution in [2.75, 3.05) is 14.1 Å². The first-order valence-electron chi connectivity index (χ1n) is 12.6. The van der Waals surface area contributed by atoms with Crippen molar-refractivity contribution in [1.82, 2.24) is 28.9 Å². The van der Waals surface area contributed by atoms with E-state index in [4.69, 9.17) is 22.7 Å². The SMILES string of the molecule is CN1C(=[NH2+])C(N)C(=O)N(C)C1=O.Cn1c(=O)c2[nH][11c](C3CCCC3)nc2n(C)c1=O.O=[11C](Cl)C1CCCC1. The summed E-state index contributed by atoms with van der Waals surface area (Å²) in [6.45, 7) is 0. The lowest BCUT2D eigenvalue weighted by molar-refractivity contribution is -0.143. The lowest BCUT2D eigenvalue weighted by atomic mass is 9.81. The van der Waals surface area contributed by atoms with Crippen LogP contribution in [0.1, 0.15) is 63.1 Å². The monoisotopic (exact) mass is 549 g/mol. The Morgan fingerprint density at radius 2 is 1.50 bits per heavy atom. The van der Waals surface area contributed by atoms with Gasteiger partial charge in [0.1, 0.15) is 11.3 Å². The third-order valence-electron chi connectivity index (χ3n) is 7.41. The molecule has 1 saturated heterocycles. The molecular formula is C24H36ClN8O5+. The molecule has 14 heteroatoms. The molecule has 0 spiro atoms. The van der Waals surface area contributed by atoms with Crippen LogP contribution in [0.25, 0.3) is 11.2 Å². The normalized spacial score (nSPS) is 20.5. The molecule has 2 aromatic heterocycles. The second kappa shape index (κ2) is 12.0. The van der Waals surface area contributed by atoms with Crippen LogP contribution in [0.4, 0.5) is 4.79 Å². The Balaban J connectivity index is 0.000000173. The van der Waals surface area contributed by atoms with Crippen LogP contribution in [0.2, 0.25) is 0 Å². The summed E-state index contributed by atoms with van der Waals surface area (Å²) >= 11 is 5.25. The number of rotatable bonds is 2. The Morgan fingerprint density at radius 1 is 0.947 bits per heavy atom. The largest absolute Gasteiger partial charge is 0.417 e. The number of nitrogens with two attached hydrogens (primary N) is 2. The number of aromatic nitrogens is 4. The van der Waals surface area contributed by atoms with Gasteiger partial charge in [-0.1, -0.05) is 25.7 Å². The van der Waals surface area contributed by atoms with Crippen LogP contribution in [0.15, 0.2) is 9.59 Å². The Labute approximate surface area is 224 Å². The second-order valence-corrected chi connectivity index (χ2v) is 10.3. The van der Waals surface area contributed by atoms with Crippen molar-refractivity contribution in [3.8, 4) is 0 Å². The van der Waals surface area contributed by atoms with Crippen molar-refractivity contribution in [3.63, 3.8) is 0 Å². The summed E-state index contributed by atoms with van der Waals surface area (Å²) in [5.41, 5.74) is 5.68. The number of carbonyl (C=O) groups is 3. The summed E-state index contributed by atoms with van der Waals surface area (Å²) in [7, 11) is 5.97. The number of aryl methyl sites for hydroxylation is 1. The fraction of sp³-hybridized carbons (Fsp3) is 0.625. The highest BCUT2D eigenvalue weighted by molar-refractivity contribution is 6.64. The van der Waals surface area contributed by atoms with Crippen molar-refractivity contribution >= 4 is 45.8 Å². The number of aromatic amines is 1. The maximum absolute atomic E-state index is 12.0. The fourth-order valence-electron chi connectivity index (χ4n) is 4.86. The van der Waals surface area contributed by atoms with Crippen LogP contribution in [0.5, 0.6) is 0 Å². The number of fused-ring (bicyclic) bond motifs is 1. The lowest BCUT2D eigenvalue weighted by Crippen LogP contribution is -2.70. The van der Waals surface area contributed by atoms with Gasteiger partial charge in [0.25, 0.3) is 17.3 Å². The quantitative estimate of drug-likeness (QED) is 0.424. The van der Waals surface area contributed by atoms with Crippen LogP contribution in [-0.4, -0.2) is 72.1 Å². The number of urea groups is 1. The molecule has 0 radical (unpaired) electrons. The Bertz CT molecular complexity index is 1290. The highest BCUT2D eigenvalue weighted by Crippen LogP contribution is 2.32. The molecule has 3 aliphatic rings. The molecule has 2 aliphatic carbocycles. The number of amides is 3. The minimum Gasteiger partial charge on any atom is -0.336 e. The predicted octanol–water partition coefficient (Wildman–Crippen LogP) is -0.445. The molecule has 2 saturated carbocycles. The zero-order valence-electron chi connectivity index (χ0n) is 22.2. The standard InChI is InChI=1S/C12H16N4O2.C6H9ClO.C6H10N4O2/c1-15-10-8(11(17)16(2)12(15)18)13-9(14-10)7-5-3-4-6-7;7-6(8)5-3-1-2-4-5;1-9-4(8)3(7)5(11)10(2)6(9)12/h7H,3-6H2,1-2H3,(H,13,14);5H,1-4H2;3,8H,7H2,1-2H3/p+1/i9-1;6-1;. The summed E-state index contributed by atoms with van der Waals surface area (Å²) in [6.07, 6.45) is 9.02. The number of hydrogen-bond donors (Lipinski definition) is 3. The van der Waals surface area contributed by atoms with E-state index in [1.54, 1.807) is 7.05 Å². The zero-order chi connectivity index (χ0) is 28.3. The number of nitrogens with one attached hydrogen (secondary N) is 1. The van der Waals surface area contributed by atoms with Gasteiger partial charge < -0.3 is 10.7 Å². The summed E-state index contributed by atoms with van der Waals surface area (Å²) in [5, 5.41) is 5.28. The molecule has 3 fully saturated rings. The minimum atomic E-state index is -0.905. The fourth-order valence-corrected chi connectivity index (χ4v) is 5.08. The van der Waals surface area contributed by atoms with Crippen molar-refractivity contribution in [3.05, 3.63) is 26.7 Å². The molecule has 3 amide bonds. The van der Waals surface area contributed by atoms with Gasteiger partial charge in [-0.05, 0) is 37.3 Å². The van der Waals surface area contributed by atoms with E-state index in [2.05, 4.69) is 9.97 Å². The van der Waals surface area contributed by atoms with Gasteiger partial charge in [0.15, 0.2) is 11.7 Å². The first-order chi connectivity index (χ1) is 17.9. The van der Waals surface area contributed by atoms with Gasteiger partial charge in [0, 0.05) is 33.0 Å². The third kappa shape index (κ3) is 5.88. The molecule has 13 nitrogen and oxygen atoms in total. The number of imidazole rings is 1. The van der Waals surface area contributed by atoms with Gasteiger partial charge in [0.2, 0.25) is 5.24 Å². The van der Waals surface area contributed by atoms with Gasteiger partial charge in [-0.2, -0.15) is 4.90 Å². The maximum Gasteiger partial charge on any atom is 0.417 e. The average molecular weight is 550 g/mol.